The summed E-state index contributed by atoms with van der Waals surface area (Å²) < 4.78 is 0. The van der Waals surface area contributed by atoms with Crippen molar-refractivity contribution in [1.29, 1.82) is 0 Å². The van der Waals surface area contributed by atoms with Gasteiger partial charge in [-0.2, -0.15) is 0 Å². The minimum Gasteiger partial charge on any atom is -0.329 e. The normalized spacial score (nSPS) is 21.6. The van der Waals surface area contributed by atoms with Crippen LogP contribution in [0.1, 0.15) is 44.2 Å². The second-order valence-electron chi connectivity index (χ2n) is 5.40. The van der Waals surface area contributed by atoms with Crippen molar-refractivity contribution in [3.63, 3.8) is 0 Å². The van der Waals surface area contributed by atoms with E-state index in [-0.39, 0.29) is 16.7 Å². The quantitative estimate of drug-likeness (QED) is 0.663. The molecule has 1 aromatic rings. The largest absolute Gasteiger partial charge is 0.329 e. The van der Waals surface area contributed by atoms with Crippen molar-refractivity contribution in [2.75, 3.05) is 13.1 Å². The van der Waals surface area contributed by atoms with Gasteiger partial charge in [0.2, 0.25) is 0 Å². The topological polar surface area (TPSA) is 72.4 Å². The first-order valence-electron chi connectivity index (χ1n) is 7.37. The van der Waals surface area contributed by atoms with Crippen molar-refractivity contribution < 1.29 is 4.92 Å². The Morgan fingerprint density at radius 2 is 2.30 bits per heavy atom. The van der Waals surface area contributed by atoms with Crippen LogP contribution in [0.15, 0.2) is 24.3 Å². The first kappa shape index (κ1) is 14.9. The maximum atomic E-state index is 10.9. The van der Waals surface area contributed by atoms with Crippen LogP contribution in [0, 0.1) is 10.1 Å². The molecule has 5 heteroatoms. The molecule has 1 fully saturated rings. The third kappa shape index (κ3) is 3.16. The number of non-ortho nitro benzene ring substituents is 1. The van der Waals surface area contributed by atoms with Crippen molar-refractivity contribution in [3.8, 4) is 0 Å². The van der Waals surface area contributed by atoms with Crippen LogP contribution in [0.25, 0.3) is 0 Å². The van der Waals surface area contributed by atoms with Gasteiger partial charge in [0.15, 0.2) is 0 Å². The lowest BCUT2D eigenvalue weighted by molar-refractivity contribution is -0.385. The van der Waals surface area contributed by atoms with Crippen LogP contribution >= 0.6 is 0 Å². The number of benzene rings is 1. The zero-order valence-electron chi connectivity index (χ0n) is 12.0. The minimum absolute atomic E-state index is 0.169. The Morgan fingerprint density at radius 1 is 1.50 bits per heavy atom. The molecule has 2 rings (SSSR count). The molecule has 0 bridgehead atoms. The van der Waals surface area contributed by atoms with Gasteiger partial charge in [-0.15, -0.1) is 0 Å². The van der Waals surface area contributed by atoms with E-state index in [0.717, 1.165) is 24.9 Å². The summed E-state index contributed by atoms with van der Waals surface area (Å²) in [6, 6.07) is 7.64. The van der Waals surface area contributed by atoms with Gasteiger partial charge in [-0.1, -0.05) is 25.5 Å². The standard InChI is InChI=1S/C15H23N3O2/c1-2-15(17-9-4-3-7-14(17)11-16)12-6-5-8-13(10-12)18(19)20/h5-6,8,10,14-15H,2-4,7,9,11,16H2,1H3. The van der Waals surface area contributed by atoms with Crippen LogP contribution in [-0.2, 0) is 0 Å². The molecule has 0 spiro atoms. The van der Waals surface area contributed by atoms with Gasteiger partial charge in [-0.3, -0.25) is 15.0 Å². The zero-order chi connectivity index (χ0) is 14.5. The Bertz CT molecular complexity index is 464. The third-order valence-electron chi connectivity index (χ3n) is 4.20. The van der Waals surface area contributed by atoms with Crippen LogP contribution in [0.5, 0.6) is 0 Å². The first-order valence-corrected chi connectivity index (χ1v) is 7.37. The van der Waals surface area contributed by atoms with E-state index in [0.29, 0.717) is 12.6 Å². The predicted octanol–water partition coefficient (Wildman–Crippen LogP) is 2.86. The molecule has 2 N–H and O–H groups in total. The molecule has 1 heterocycles. The number of nitrogens with two attached hydrogens (primary N) is 1. The molecule has 0 amide bonds. The Kier molecular flexibility index (Phi) is 5.09. The fourth-order valence-corrected chi connectivity index (χ4v) is 3.19. The molecule has 1 saturated heterocycles. The van der Waals surface area contributed by atoms with Gasteiger partial charge in [0.1, 0.15) is 0 Å². The average molecular weight is 277 g/mol. The van der Waals surface area contributed by atoms with E-state index < -0.39 is 0 Å². The minimum atomic E-state index is -0.327. The van der Waals surface area contributed by atoms with Crippen molar-refractivity contribution in [2.24, 2.45) is 5.73 Å². The van der Waals surface area contributed by atoms with E-state index in [1.54, 1.807) is 18.2 Å². The summed E-state index contributed by atoms with van der Waals surface area (Å²) >= 11 is 0. The molecule has 1 aliphatic heterocycles. The van der Waals surface area contributed by atoms with Crippen LogP contribution in [-0.4, -0.2) is 29.0 Å². The molecule has 0 aliphatic carbocycles. The monoisotopic (exact) mass is 277 g/mol. The SMILES string of the molecule is CCC(c1cccc([N+](=O)[O-])c1)N1CCCCC1CN. The number of rotatable bonds is 5. The van der Waals surface area contributed by atoms with Gasteiger partial charge in [-0.25, -0.2) is 0 Å². The third-order valence-corrected chi connectivity index (χ3v) is 4.20. The number of piperidine rings is 1. The number of hydrogen-bond acceptors (Lipinski definition) is 4. The van der Waals surface area contributed by atoms with E-state index >= 15 is 0 Å². The maximum Gasteiger partial charge on any atom is 0.269 e. The lowest BCUT2D eigenvalue weighted by Gasteiger charge is -2.40. The number of nitro benzene ring substituents is 1. The summed E-state index contributed by atoms with van der Waals surface area (Å²) in [5.74, 6) is 0. The summed E-state index contributed by atoms with van der Waals surface area (Å²) in [5.41, 5.74) is 7.09. The highest BCUT2D eigenvalue weighted by Gasteiger charge is 2.28. The van der Waals surface area contributed by atoms with Gasteiger partial charge in [-0.05, 0) is 31.4 Å². The van der Waals surface area contributed by atoms with Crippen molar-refractivity contribution in [1.82, 2.24) is 4.90 Å². The molecule has 1 aliphatic rings. The van der Waals surface area contributed by atoms with E-state index in [2.05, 4.69) is 11.8 Å². The van der Waals surface area contributed by atoms with E-state index in [4.69, 9.17) is 5.73 Å². The Balaban J connectivity index is 2.26. The second kappa shape index (κ2) is 6.81. The number of nitro groups is 1. The van der Waals surface area contributed by atoms with Crippen LogP contribution in [0.4, 0.5) is 5.69 Å². The molecule has 0 radical (unpaired) electrons. The molecule has 2 atom stereocenters. The van der Waals surface area contributed by atoms with E-state index in [1.807, 2.05) is 6.07 Å². The fourth-order valence-electron chi connectivity index (χ4n) is 3.19. The van der Waals surface area contributed by atoms with Crippen LogP contribution in [0.2, 0.25) is 0 Å². The summed E-state index contributed by atoms with van der Waals surface area (Å²) in [7, 11) is 0. The lowest BCUT2D eigenvalue weighted by atomic mass is 9.94. The summed E-state index contributed by atoms with van der Waals surface area (Å²) in [6.07, 6.45) is 4.48. The molecule has 0 aromatic heterocycles. The van der Waals surface area contributed by atoms with Crippen LogP contribution < -0.4 is 5.73 Å². The Morgan fingerprint density at radius 3 is 2.95 bits per heavy atom. The Labute approximate surface area is 119 Å². The highest BCUT2D eigenvalue weighted by Crippen LogP contribution is 2.32. The lowest BCUT2D eigenvalue weighted by Crippen LogP contribution is -2.45. The molecule has 110 valence electrons. The van der Waals surface area contributed by atoms with Gasteiger partial charge >= 0.3 is 0 Å². The summed E-state index contributed by atoms with van der Waals surface area (Å²) in [4.78, 5) is 13.0. The molecule has 5 nitrogen and oxygen atoms in total. The fraction of sp³-hybridized carbons (Fsp3) is 0.600. The van der Waals surface area contributed by atoms with Gasteiger partial charge in [0.05, 0.1) is 4.92 Å². The number of hydrogen-bond donors (Lipinski definition) is 1. The van der Waals surface area contributed by atoms with E-state index in [1.165, 1.54) is 12.8 Å². The molecule has 20 heavy (non-hydrogen) atoms. The van der Waals surface area contributed by atoms with Gasteiger partial charge in [0.25, 0.3) is 5.69 Å². The predicted molar refractivity (Wildman–Crippen MR) is 79.5 cm³/mol. The van der Waals surface area contributed by atoms with E-state index in [9.17, 15) is 10.1 Å². The van der Waals surface area contributed by atoms with Gasteiger partial charge in [0, 0.05) is 30.8 Å². The molecule has 1 aromatic carbocycles. The van der Waals surface area contributed by atoms with Crippen molar-refractivity contribution in [3.05, 3.63) is 39.9 Å². The molecule has 2 unspecified atom stereocenters. The van der Waals surface area contributed by atoms with Crippen LogP contribution in [0.3, 0.4) is 0 Å². The smallest absolute Gasteiger partial charge is 0.269 e. The van der Waals surface area contributed by atoms with Crippen molar-refractivity contribution in [2.45, 2.75) is 44.7 Å². The molecule has 0 saturated carbocycles. The Hall–Kier alpha value is -1.46. The number of likely N-dealkylation sites (tertiary alicyclic amines) is 1. The second-order valence-corrected chi connectivity index (χ2v) is 5.40. The average Bonchev–Trinajstić information content (AvgIpc) is 2.49. The van der Waals surface area contributed by atoms with Crippen molar-refractivity contribution >= 4 is 5.69 Å². The summed E-state index contributed by atoms with van der Waals surface area (Å²) in [5, 5.41) is 10.9. The first-order chi connectivity index (χ1) is 9.67. The zero-order valence-corrected chi connectivity index (χ0v) is 12.0. The number of nitrogens with zero attached hydrogens (tertiary/aromatic N) is 2. The highest BCUT2D eigenvalue weighted by atomic mass is 16.6. The van der Waals surface area contributed by atoms with Gasteiger partial charge < -0.3 is 5.73 Å². The summed E-state index contributed by atoms with van der Waals surface area (Å²) in [6.45, 7) is 3.82. The maximum absolute atomic E-state index is 10.9. The molecular formula is C15H23N3O2. The molecular weight excluding hydrogens is 254 g/mol. The highest BCUT2D eigenvalue weighted by molar-refractivity contribution is 5.36.